The van der Waals surface area contributed by atoms with Crippen molar-refractivity contribution in [2.24, 2.45) is 0 Å². The molecule has 3 aromatic rings. The van der Waals surface area contributed by atoms with E-state index in [-0.39, 0.29) is 18.9 Å². The van der Waals surface area contributed by atoms with Crippen LogP contribution in [0.1, 0.15) is 11.1 Å². The molecule has 1 heterocycles. The van der Waals surface area contributed by atoms with Crippen LogP contribution in [0.15, 0.2) is 72.8 Å². The normalized spacial score (nSPS) is 12.8. The van der Waals surface area contributed by atoms with Crippen LogP contribution in [0.5, 0.6) is 17.2 Å². The lowest BCUT2D eigenvalue weighted by molar-refractivity contribution is 0.174. The Morgan fingerprint density at radius 1 is 0.933 bits per heavy atom. The Balaban J connectivity index is 1.45. The van der Waals surface area contributed by atoms with E-state index in [1.54, 1.807) is 7.11 Å². The average molecular weight is 404 g/mol. The molecule has 0 spiro atoms. The maximum Gasteiger partial charge on any atom is 0.319 e. The fourth-order valence-corrected chi connectivity index (χ4v) is 3.45. The molecule has 30 heavy (non-hydrogen) atoms. The summed E-state index contributed by atoms with van der Waals surface area (Å²) in [5.74, 6) is 2.24. The molecule has 2 amide bonds. The van der Waals surface area contributed by atoms with Gasteiger partial charge in [0.25, 0.3) is 0 Å². The molecule has 6 heteroatoms. The number of benzene rings is 3. The summed E-state index contributed by atoms with van der Waals surface area (Å²) in [4.78, 5) is 12.6. The molecular formula is C24H24N2O4. The Kier molecular flexibility index (Phi) is 6.03. The summed E-state index contributed by atoms with van der Waals surface area (Å²) in [5.41, 5.74) is 2.94. The van der Waals surface area contributed by atoms with E-state index >= 15 is 0 Å². The van der Waals surface area contributed by atoms with Gasteiger partial charge in [0.1, 0.15) is 5.75 Å². The van der Waals surface area contributed by atoms with E-state index < -0.39 is 0 Å². The van der Waals surface area contributed by atoms with Gasteiger partial charge in [-0.3, -0.25) is 0 Å². The molecule has 2 N–H and O–H groups in total. The van der Waals surface area contributed by atoms with Crippen molar-refractivity contribution in [1.82, 2.24) is 5.32 Å². The second kappa shape index (κ2) is 9.22. The number of rotatable bonds is 7. The van der Waals surface area contributed by atoms with Crippen LogP contribution in [-0.2, 0) is 12.8 Å². The standard InChI is InChI=1S/C24H24N2O4/c1-28-21-10-8-19(9-11-21)25-24(27)26-20(13-17-5-3-2-4-6-17)14-18-7-12-22-23(15-18)30-16-29-22/h2-12,15,20H,13-14,16H2,1H3,(H2,25,26,27)/t20-/m0/s1. The maximum absolute atomic E-state index is 12.6. The van der Waals surface area contributed by atoms with E-state index in [0.717, 1.165) is 28.4 Å². The summed E-state index contributed by atoms with van der Waals surface area (Å²) in [6.07, 6.45) is 1.38. The number of hydrogen-bond donors (Lipinski definition) is 2. The zero-order valence-electron chi connectivity index (χ0n) is 16.8. The number of amides is 2. The summed E-state index contributed by atoms with van der Waals surface area (Å²) in [7, 11) is 1.61. The third-order valence-corrected chi connectivity index (χ3v) is 4.93. The van der Waals surface area contributed by atoms with Crippen LogP contribution < -0.4 is 24.8 Å². The number of hydrogen-bond acceptors (Lipinski definition) is 4. The van der Waals surface area contributed by atoms with Crippen LogP contribution in [0, 0.1) is 0 Å². The highest BCUT2D eigenvalue weighted by atomic mass is 16.7. The van der Waals surface area contributed by atoms with Crippen LogP contribution in [0.25, 0.3) is 0 Å². The third-order valence-electron chi connectivity index (χ3n) is 4.93. The minimum atomic E-state index is -0.248. The molecule has 1 aliphatic heterocycles. The molecular weight excluding hydrogens is 380 g/mol. The van der Waals surface area contributed by atoms with Crippen LogP contribution in [0.2, 0.25) is 0 Å². The Labute approximate surface area is 175 Å². The molecule has 0 aliphatic carbocycles. The molecule has 0 aromatic heterocycles. The average Bonchev–Trinajstić information content (AvgIpc) is 3.23. The molecule has 0 fully saturated rings. The SMILES string of the molecule is COc1ccc(NC(=O)N[C@@H](Cc2ccccc2)Cc2ccc3c(c2)OCO3)cc1. The monoisotopic (exact) mass is 404 g/mol. The van der Waals surface area contributed by atoms with Crippen molar-refractivity contribution in [1.29, 1.82) is 0 Å². The first kappa shape index (κ1) is 19.6. The second-order valence-electron chi connectivity index (χ2n) is 7.11. The minimum absolute atomic E-state index is 0.0916. The summed E-state index contributed by atoms with van der Waals surface area (Å²) >= 11 is 0. The van der Waals surface area contributed by atoms with E-state index in [1.807, 2.05) is 60.7 Å². The predicted molar refractivity (Wildman–Crippen MR) is 115 cm³/mol. The Hall–Kier alpha value is -3.67. The highest BCUT2D eigenvalue weighted by molar-refractivity contribution is 5.89. The first-order valence-electron chi connectivity index (χ1n) is 9.83. The maximum atomic E-state index is 12.6. The molecule has 0 saturated heterocycles. The quantitative estimate of drug-likeness (QED) is 0.612. The van der Waals surface area contributed by atoms with Gasteiger partial charge in [0, 0.05) is 11.7 Å². The zero-order chi connectivity index (χ0) is 20.8. The number of anilines is 1. The lowest BCUT2D eigenvalue weighted by Gasteiger charge is -2.20. The molecule has 1 aliphatic rings. The van der Waals surface area contributed by atoms with E-state index in [2.05, 4.69) is 22.8 Å². The molecule has 0 radical (unpaired) electrons. The van der Waals surface area contributed by atoms with Crippen LogP contribution >= 0.6 is 0 Å². The molecule has 6 nitrogen and oxygen atoms in total. The fraction of sp³-hybridized carbons (Fsp3) is 0.208. The molecule has 4 rings (SSSR count). The van der Waals surface area contributed by atoms with Crippen molar-refractivity contribution >= 4 is 11.7 Å². The number of nitrogens with one attached hydrogen (secondary N) is 2. The van der Waals surface area contributed by atoms with Crippen LogP contribution in [0.4, 0.5) is 10.5 Å². The summed E-state index contributed by atoms with van der Waals surface area (Å²) in [6.45, 7) is 0.245. The van der Waals surface area contributed by atoms with E-state index in [0.29, 0.717) is 18.5 Å². The lowest BCUT2D eigenvalue weighted by Crippen LogP contribution is -2.40. The first-order valence-corrected chi connectivity index (χ1v) is 9.83. The highest BCUT2D eigenvalue weighted by Gasteiger charge is 2.18. The van der Waals surface area contributed by atoms with Gasteiger partial charge in [-0.1, -0.05) is 36.4 Å². The van der Waals surface area contributed by atoms with Gasteiger partial charge in [-0.05, 0) is 60.4 Å². The van der Waals surface area contributed by atoms with Gasteiger partial charge in [-0.15, -0.1) is 0 Å². The van der Waals surface area contributed by atoms with Gasteiger partial charge in [0.15, 0.2) is 11.5 Å². The molecule has 154 valence electrons. The van der Waals surface area contributed by atoms with E-state index in [9.17, 15) is 4.79 Å². The number of fused-ring (bicyclic) bond motifs is 1. The first-order chi connectivity index (χ1) is 14.7. The lowest BCUT2D eigenvalue weighted by atomic mass is 9.98. The number of urea groups is 1. The van der Waals surface area contributed by atoms with Crippen molar-refractivity contribution in [2.45, 2.75) is 18.9 Å². The minimum Gasteiger partial charge on any atom is -0.497 e. The Bertz CT molecular complexity index is 990. The molecule has 0 saturated carbocycles. The van der Waals surface area contributed by atoms with E-state index in [4.69, 9.17) is 14.2 Å². The number of ether oxygens (including phenoxy) is 3. The van der Waals surface area contributed by atoms with Crippen LogP contribution in [0.3, 0.4) is 0 Å². The van der Waals surface area contributed by atoms with Crippen molar-refractivity contribution in [3.63, 3.8) is 0 Å². The number of carbonyl (C=O) groups is 1. The number of carbonyl (C=O) groups excluding carboxylic acids is 1. The smallest absolute Gasteiger partial charge is 0.319 e. The third kappa shape index (κ3) is 5.03. The van der Waals surface area contributed by atoms with Gasteiger partial charge in [-0.25, -0.2) is 4.79 Å². The van der Waals surface area contributed by atoms with Gasteiger partial charge in [-0.2, -0.15) is 0 Å². The van der Waals surface area contributed by atoms with Crippen molar-refractivity contribution < 1.29 is 19.0 Å². The fourth-order valence-electron chi connectivity index (χ4n) is 3.45. The molecule has 3 aromatic carbocycles. The van der Waals surface area contributed by atoms with E-state index in [1.165, 1.54) is 0 Å². The van der Waals surface area contributed by atoms with Crippen molar-refractivity contribution in [3.8, 4) is 17.2 Å². The number of methoxy groups -OCH3 is 1. The van der Waals surface area contributed by atoms with Gasteiger partial charge in [0.05, 0.1) is 7.11 Å². The van der Waals surface area contributed by atoms with Crippen molar-refractivity contribution in [2.75, 3.05) is 19.2 Å². The Morgan fingerprint density at radius 3 is 2.43 bits per heavy atom. The topological polar surface area (TPSA) is 68.8 Å². The molecule has 0 bridgehead atoms. The summed E-state index contributed by atoms with van der Waals surface area (Å²) < 4.78 is 16.0. The zero-order valence-corrected chi connectivity index (χ0v) is 16.8. The molecule has 1 atom stereocenters. The van der Waals surface area contributed by atoms with Gasteiger partial charge in [0.2, 0.25) is 6.79 Å². The largest absolute Gasteiger partial charge is 0.497 e. The van der Waals surface area contributed by atoms with Gasteiger partial charge >= 0.3 is 6.03 Å². The highest BCUT2D eigenvalue weighted by Crippen LogP contribution is 2.33. The summed E-state index contributed by atoms with van der Waals surface area (Å²) in [6, 6.07) is 22.9. The predicted octanol–water partition coefficient (Wildman–Crippen LogP) is 4.40. The van der Waals surface area contributed by atoms with Gasteiger partial charge < -0.3 is 24.8 Å². The van der Waals surface area contributed by atoms with Crippen LogP contribution in [-0.4, -0.2) is 26.0 Å². The van der Waals surface area contributed by atoms with Crippen molar-refractivity contribution in [3.05, 3.63) is 83.9 Å². The second-order valence-corrected chi connectivity index (χ2v) is 7.11. The molecule has 0 unspecified atom stereocenters. The summed E-state index contributed by atoms with van der Waals surface area (Å²) in [5, 5.41) is 5.99. The Morgan fingerprint density at radius 2 is 1.67 bits per heavy atom.